The summed E-state index contributed by atoms with van der Waals surface area (Å²) in [4.78, 5) is 13.6. The van der Waals surface area contributed by atoms with Gasteiger partial charge in [-0.1, -0.05) is 12.2 Å². The van der Waals surface area contributed by atoms with Crippen molar-refractivity contribution < 1.29 is 9.53 Å². The van der Waals surface area contributed by atoms with E-state index in [1.54, 1.807) is 7.11 Å². The number of methoxy groups -OCH3 is 1. The largest absolute Gasteiger partial charge is 0.385 e. The molecule has 0 aromatic heterocycles. The molecule has 0 aliphatic carbocycles. The standard InChI is InChI=1S/C11H20N2O2/c1-15-9-5-6-10(12)11(14)13-7-3-2-4-8-13/h2-3,10H,4-9,12H2,1H3. The van der Waals surface area contributed by atoms with Crippen molar-refractivity contribution in [2.24, 2.45) is 5.73 Å². The molecule has 1 aliphatic heterocycles. The minimum Gasteiger partial charge on any atom is -0.385 e. The Bertz CT molecular complexity index is 229. The van der Waals surface area contributed by atoms with Crippen molar-refractivity contribution in [3.63, 3.8) is 0 Å². The zero-order valence-electron chi connectivity index (χ0n) is 9.32. The molecule has 0 spiro atoms. The maximum Gasteiger partial charge on any atom is 0.239 e. The first-order valence-electron chi connectivity index (χ1n) is 5.44. The molecular formula is C11H20N2O2. The Labute approximate surface area is 91.1 Å². The summed E-state index contributed by atoms with van der Waals surface area (Å²) in [5.41, 5.74) is 5.82. The summed E-state index contributed by atoms with van der Waals surface area (Å²) in [5, 5.41) is 0. The fraction of sp³-hybridized carbons (Fsp3) is 0.727. The van der Waals surface area contributed by atoms with Crippen LogP contribution in [-0.2, 0) is 9.53 Å². The molecule has 0 aromatic rings. The minimum atomic E-state index is -0.369. The molecule has 15 heavy (non-hydrogen) atoms. The third-order valence-corrected chi connectivity index (χ3v) is 2.55. The monoisotopic (exact) mass is 212 g/mol. The Kier molecular flexibility index (Phi) is 5.36. The summed E-state index contributed by atoms with van der Waals surface area (Å²) in [5.74, 6) is 0.0652. The molecule has 1 heterocycles. The Morgan fingerprint density at radius 3 is 3.00 bits per heavy atom. The van der Waals surface area contributed by atoms with Gasteiger partial charge in [0.15, 0.2) is 0 Å². The van der Waals surface area contributed by atoms with Gasteiger partial charge in [0.2, 0.25) is 5.91 Å². The lowest BCUT2D eigenvalue weighted by molar-refractivity contribution is -0.132. The maximum absolute atomic E-state index is 11.8. The lowest BCUT2D eigenvalue weighted by atomic mass is 10.1. The molecule has 0 aromatic carbocycles. The van der Waals surface area contributed by atoms with Crippen molar-refractivity contribution in [2.75, 3.05) is 26.8 Å². The predicted molar refractivity (Wildman–Crippen MR) is 59.4 cm³/mol. The van der Waals surface area contributed by atoms with Crippen molar-refractivity contribution in [3.05, 3.63) is 12.2 Å². The van der Waals surface area contributed by atoms with Crippen molar-refractivity contribution in [1.29, 1.82) is 0 Å². The molecule has 0 bridgehead atoms. The molecule has 1 aliphatic rings. The summed E-state index contributed by atoms with van der Waals surface area (Å²) < 4.78 is 4.93. The van der Waals surface area contributed by atoms with Crippen LogP contribution in [0.2, 0.25) is 0 Å². The van der Waals surface area contributed by atoms with E-state index in [4.69, 9.17) is 10.5 Å². The van der Waals surface area contributed by atoms with E-state index in [1.807, 2.05) is 11.0 Å². The van der Waals surface area contributed by atoms with Gasteiger partial charge in [-0.15, -0.1) is 0 Å². The second kappa shape index (κ2) is 6.58. The zero-order valence-corrected chi connectivity index (χ0v) is 9.32. The van der Waals surface area contributed by atoms with Crippen LogP contribution >= 0.6 is 0 Å². The molecule has 4 nitrogen and oxygen atoms in total. The maximum atomic E-state index is 11.8. The van der Waals surface area contributed by atoms with E-state index in [1.165, 1.54) is 0 Å². The van der Waals surface area contributed by atoms with Crippen molar-refractivity contribution in [1.82, 2.24) is 4.90 Å². The van der Waals surface area contributed by atoms with Gasteiger partial charge in [-0.05, 0) is 19.3 Å². The van der Waals surface area contributed by atoms with Gasteiger partial charge in [0, 0.05) is 26.8 Å². The van der Waals surface area contributed by atoms with Crippen LogP contribution in [-0.4, -0.2) is 43.7 Å². The first-order chi connectivity index (χ1) is 7.25. The quantitative estimate of drug-likeness (QED) is 0.534. The molecular weight excluding hydrogens is 192 g/mol. The molecule has 0 saturated heterocycles. The van der Waals surface area contributed by atoms with Crippen LogP contribution in [0.25, 0.3) is 0 Å². The van der Waals surface area contributed by atoms with Crippen LogP contribution < -0.4 is 5.73 Å². The number of nitrogens with zero attached hydrogens (tertiary/aromatic N) is 1. The second-order valence-electron chi connectivity index (χ2n) is 3.79. The third kappa shape index (κ3) is 4.01. The average molecular weight is 212 g/mol. The minimum absolute atomic E-state index is 0.0652. The number of rotatable bonds is 5. The second-order valence-corrected chi connectivity index (χ2v) is 3.79. The number of hydrogen-bond acceptors (Lipinski definition) is 3. The molecule has 0 radical (unpaired) electrons. The first kappa shape index (κ1) is 12.2. The van der Waals surface area contributed by atoms with E-state index in [9.17, 15) is 4.79 Å². The van der Waals surface area contributed by atoms with Gasteiger partial charge in [0.1, 0.15) is 0 Å². The number of carbonyl (C=O) groups is 1. The zero-order chi connectivity index (χ0) is 11.1. The van der Waals surface area contributed by atoms with Crippen LogP contribution in [0.5, 0.6) is 0 Å². The molecule has 2 N–H and O–H groups in total. The van der Waals surface area contributed by atoms with Gasteiger partial charge in [-0.25, -0.2) is 0 Å². The van der Waals surface area contributed by atoms with Crippen molar-refractivity contribution >= 4 is 5.91 Å². The Morgan fingerprint density at radius 1 is 1.60 bits per heavy atom. The summed E-state index contributed by atoms with van der Waals surface area (Å²) in [6, 6.07) is -0.369. The lowest BCUT2D eigenvalue weighted by Crippen LogP contribution is -2.45. The Hall–Kier alpha value is -0.870. The van der Waals surface area contributed by atoms with Gasteiger partial charge < -0.3 is 15.4 Å². The molecule has 1 amide bonds. The normalized spacial score (nSPS) is 17.9. The highest BCUT2D eigenvalue weighted by Gasteiger charge is 2.20. The highest BCUT2D eigenvalue weighted by Crippen LogP contribution is 2.05. The van der Waals surface area contributed by atoms with Crippen LogP contribution in [0.4, 0.5) is 0 Å². The van der Waals surface area contributed by atoms with Crippen molar-refractivity contribution in [2.45, 2.75) is 25.3 Å². The molecule has 86 valence electrons. The first-order valence-corrected chi connectivity index (χ1v) is 5.44. The third-order valence-electron chi connectivity index (χ3n) is 2.55. The topological polar surface area (TPSA) is 55.6 Å². The van der Waals surface area contributed by atoms with Gasteiger partial charge in [0.25, 0.3) is 0 Å². The molecule has 1 atom stereocenters. The number of ether oxygens (including phenoxy) is 1. The van der Waals surface area contributed by atoms with E-state index in [0.717, 1.165) is 19.4 Å². The van der Waals surface area contributed by atoms with Crippen molar-refractivity contribution in [3.8, 4) is 0 Å². The van der Waals surface area contributed by atoms with Crippen LogP contribution in [0.15, 0.2) is 12.2 Å². The van der Waals surface area contributed by atoms with E-state index in [0.29, 0.717) is 19.6 Å². The lowest BCUT2D eigenvalue weighted by Gasteiger charge is -2.26. The SMILES string of the molecule is COCCCC(N)C(=O)N1CC=CCC1. The summed E-state index contributed by atoms with van der Waals surface area (Å²) in [6.07, 6.45) is 6.60. The Balaban J connectivity index is 2.28. The number of carbonyl (C=O) groups excluding carboxylic acids is 1. The molecule has 0 fully saturated rings. The summed E-state index contributed by atoms with van der Waals surface area (Å²) >= 11 is 0. The van der Waals surface area contributed by atoms with E-state index in [-0.39, 0.29) is 11.9 Å². The summed E-state index contributed by atoms with van der Waals surface area (Å²) in [6.45, 7) is 2.17. The number of hydrogen-bond donors (Lipinski definition) is 1. The summed E-state index contributed by atoms with van der Waals surface area (Å²) in [7, 11) is 1.66. The molecule has 4 heteroatoms. The average Bonchev–Trinajstić information content (AvgIpc) is 2.29. The predicted octanol–water partition coefficient (Wildman–Crippen LogP) is 0.529. The van der Waals surface area contributed by atoms with Gasteiger partial charge in [0.05, 0.1) is 6.04 Å². The van der Waals surface area contributed by atoms with E-state index >= 15 is 0 Å². The smallest absolute Gasteiger partial charge is 0.239 e. The highest BCUT2D eigenvalue weighted by atomic mass is 16.5. The fourth-order valence-electron chi connectivity index (χ4n) is 1.65. The number of amides is 1. The van der Waals surface area contributed by atoms with Crippen LogP contribution in [0, 0.1) is 0 Å². The van der Waals surface area contributed by atoms with Crippen LogP contribution in [0.1, 0.15) is 19.3 Å². The molecule has 1 rings (SSSR count). The van der Waals surface area contributed by atoms with Gasteiger partial charge in [-0.3, -0.25) is 4.79 Å². The molecule has 1 unspecified atom stereocenters. The van der Waals surface area contributed by atoms with Crippen LogP contribution in [0.3, 0.4) is 0 Å². The van der Waals surface area contributed by atoms with E-state index < -0.39 is 0 Å². The molecule has 0 saturated carbocycles. The number of nitrogens with two attached hydrogens (primary N) is 1. The van der Waals surface area contributed by atoms with Gasteiger partial charge >= 0.3 is 0 Å². The highest BCUT2D eigenvalue weighted by molar-refractivity contribution is 5.81. The fourth-order valence-corrected chi connectivity index (χ4v) is 1.65. The van der Waals surface area contributed by atoms with E-state index in [2.05, 4.69) is 6.08 Å². The van der Waals surface area contributed by atoms with Gasteiger partial charge in [-0.2, -0.15) is 0 Å². The Morgan fingerprint density at radius 2 is 2.40 bits per heavy atom.